The molecule has 0 radical (unpaired) electrons. The highest BCUT2D eigenvalue weighted by molar-refractivity contribution is 9.12. The number of rotatable bonds is 2. The van der Waals surface area contributed by atoms with Crippen molar-refractivity contribution < 1.29 is 0 Å². The lowest BCUT2D eigenvalue weighted by Crippen LogP contribution is -2.42. The molecule has 148 valence electrons. The second kappa shape index (κ2) is 7.61. The van der Waals surface area contributed by atoms with Gasteiger partial charge in [0.1, 0.15) is 0 Å². The zero-order valence-electron chi connectivity index (χ0n) is 17.7. The van der Waals surface area contributed by atoms with E-state index < -0.39 is 0 Å². The van der Waals surface area contributed by atoms with E-state index in [1.54, 1.807) is 0 Å². The Labute approximate surface area is 187 Å². The van der Waals surface area contributed by atoms with Crippen molar-refractivity contribution in [2.75, 3.05) is 0 Å². The standard InChI is InChI=1S/C26H30Br2/c1-24(2,3)19-14-12-18(13-15-19)21-16-23(28)26(17-22(21)27,25(4,5)6)20-10-8-7-9-11-20/h7-16H,17H2,1-6H3. The van der Waals surface area contributed by atoms with Crippen molar-refractivity contribution in [1.29, 1.82) is 0 Å². The molecule has 1 aliphatic carbocycles. The van der Waals surface area contributed by atoms with Gasteiger partial charge in [-0.15, -0.1) is 0 Å². The van der Waals surface area contributed by atoms with Gasteiger partial charge in [-0.05, 0) is 45.6 Å². The average molecular weight is 502 g/mol. The Kier molecular flexibility index (Phi) is 5.87. The van der Waals surface area contributed by atoms with Crippen LogP contribution in [-0.4, -0.2) is 0 Å². The van der Waals surface area contributed by atoms with E-state index in [0.717, 1.165) is 6.42 Å². The van der Waals surface area contributed by atoms with Crippen molar-refractivity contribution in [2.24, 2.45) is 5.41 Å². The summed E-state index contributed by atoms with van der Waals surface area (Å²) in [4.78, 5) is 0. The fraction of sp³-hybridized carbons (Fsp3) is 0.385. The summed E-state index contributed by atoms with van der Waals surface area (Å²) < 4.78 is 2.51. The Morgan fingerprint density at radius 3 is 1.86 bits per heavy atom. The van der Waals surface area contributed by atoms with Crippen molar-refractivity contribution in [3.8, 4) is 0 Å². The predicted molar refractivity (Wildman–Crippen MR) is 130 cm³/mol. The van der Waals surface area contributed by atoms with E-state index in [0.29, 0.717) is 0 Å². The minimum atomic E-state index is -0.0953. The molecule has 0 aromatic heterocycles. The summed E-state index contributed by atoms with van der Waals surface area (Å²) in [7, 11) is 0. The third kappa shape index (κ3) is 3.83. The molecule has 1 unspecified atom stereocenters. The quantitative estimate of drug-likeness (QED) is 0.385. The number of hydrogen-bond acceptors (Lipinski definition) is 0. The number of benzene rings is 2. The van der Waals surface area contributed by atoms with Gasteiger partial charge in [-0.25, -0.2) is 0 Å². The Morgan fingerprint density at radius 2 is 1.36 bits per heavy atom. The van der Waals surface area contributed by atoms with E-state index in [1.807, 2.05) is 0 Å². The number of allylic oxidation sites excluding steroid dienone is 4. The molecule has 2 aromatic rings. The maximum absolute atomic E-state index is 4.00. The Morgan fingerprint density at radius 1 is 0.786 bits per heavy atom. The summed E-state index contributed by atoms with van der Waals surface area (Å²) in [5.74, 6) is 0. The van der Waals surface area contributed by atoms with Crippen molar-refractivity contribution >= 4 is 37.4 Å². The molecule has 28 heavy (non-hydrogen) atoms. The zero-order chi connectivity index (χ0) is 20.7. The van der Waals surface area contributed by atoms with Crippen LogP contribution in [-0.2, 0) is 10.8 Å². The summed E-state index contributed by atoms with van der Waals surface area (Å²) >= 11 is 7.96. The molecule has 0 saturated heterocycles. The van der Waals surface area contributed by atoms with Crippen molar-refractivity contribution in [1.82, 2.24) is 0 Å². The fourth-order valence-corrected chi connectivity index (χ4v) is 6.11. The highest BCUT2D eigenvalue weighted by atomic mass is 79.9. The van der Waals surface area contributed by atoms with Crippen molar-refractivity contribution in [3.05, 3.63) is 86.3 Å². The second-order valence-corrected chi connectivity index (χ2v) is 11.6. The van der Waals surface area contributed by atoms with Gasteiger partial charge in [-0.2, -0.15) is 0 Å². The van der Waals surface area contributed by atoms with Gasteiger partial charge in [0, 0.05) is 14.4 Å². The summed E-state index contributed by atoms with van der Waals surface area (Å²) in [6.07, 6.45) is 3.26. The number of hydrogen-bond donors (Lipinski definition) is 0. The predicted octanol–water partition coefficient (Wildman–Crippen LogP) is 8.76. The maximum Gasteiger partial charge on any atom is 0.0362 e. The molecule has 1 atom stereocenters. The van der Waals surface area contributed by atoms with Crippen LogP contribution in [0.2, 0.25) is 0 Å². The van der Waals surface area contributed by atoms with E-state index in [9.17, 15) is 0 Å². The van der Waals surface area contributed by atoms with Crippen LogP contribution in [0.25, 0.3) is 5.57 Å². The molecule has 0 aliphatic heterocycles. The molecule has 0 bridgehead atoms. The van der Waals surface area contributed by atoms with E-state index in [1.165, 1.54) is 31.2 Å². The summed E-state index contributed by atoms with van der Waals surface area (Å²) in [6, 6.07) is 19.9. The third-order valence-electron chi connectivity index (χ3n) is 6.00. The van der Waals surface area contributed by atoms with Crippen LogP contribution in [0.1, 0.15) is 64.7 Å². The maximum atomic E-state index is 4.00. The van der Waals surface area contributed by atoms with Crippen LogP contribution in [0, 0.1) is 5.41 Å². The normalized spacial score (nSPS) is 20.9. The first-order valence-electron chi connectivity index (χ1n) is 9.89. The molecular formula is C26H30Br2. The van der Waals surface area contributed by atoms with Crippen molar-refractivity contribution in [2.45, 2.75) is 58.8 Å². The Hall–Kier alpha value is -1.12. The average Bonchev–Trinajstić information content (AvgIpc) is 2.62. The first-order valence-corrected chi connectivity index (χ1v) is 11.5. The molecule has 0 fully saturated rings. The fourth-order valence-electron chi connectivity index (χ4n) is 4.15. The molecule has 3 rings (SSSR count). The van der Waals surface area contributed by atoms with Gasteiger partial charge < -0.3 is 0 Å². The molecule has 0 amide bonds. The first kappa shape index (κ1) is 21.6. The lowest BCUT2D eigenvalue weighted by molar-refractivity contribution is 0.233. The highest BCUT2D eigenvalue weighted by Crippen LogP contribution is 2.57. The van der Waals surface area contributed by atoms with Crippen LogP contribution < -0.4 is 0 Å². The second-order valence-electron chi connectivity index (χ2n) is 9.84. The molecular weight excluding hydrogens is 472 g/mol. The van der Waals surface area contributed by atoms with Gasteiger partial charge in [0.05, 0.1) is 0 Å². The molecule has 2 heteroatoms. The Bertz CT molecular complexity index is 904. The minimum absolute atomic E-state index is 0.0599. The van der Waals surface area contributed by atoms with Crippen LogP contribution in [0.3, 0.4) is 0 Å². The van der Waals surface area contributed by atoms with Crippen LogP contribution in [0.15, 0.2) is 69.6 Å². The molecule has 0 N–H and O–H groups in total. The van der Waals surface area contributed by atoms with Gasteiger partial charge in [-0.1, -0.05) is 128 Å². The van der Waals surface area contributed by atoms with E-state index in [4.69, 9.17) is 0 Å². The number of halogens is 2. The van der Waals surface area contributed by atoms with E-state index in [-0.39, 0.29) is 16.2 Å². The van der Waals surface area contributed by atoms with Crippen LogP contribution >= 0.6 is 31.9 Å². The summed E-state index contributed by atoms with van der Waals surface area (Å²) in [5, 5.41) is 0. The minimum Gasteiger partial charge on any atom is -0.0622 e. The molecule has 2 aromatic carbocycles. The van der Waals surface area contributed by atoms with Gasteiger partial charge in [0.15, 0.2) is 0 Å². The SMILES string of the molecule is CC(C)(C)c1ccc(C2=C(Br)CC(c3ccccc3)(C(C)(C)C)C(Br)=C2)cc1. The monoisotopic (exact) mass is 500 g/mol. The largest absolute Gasteiger partial charge is 0.0622 e. The lowest BCUT2D eigenvalue weighted by Gasteiger charge is -2.48. The van der Waals surface area contributed by atoms with Gasteiger partial charge in [0.25, 0.3) is 0 Å². The first-order chi connectivity index (χ1) is 13.0. The van der Waals surface area contributed by atoms with Crippen LogP contribution in [0.4, 0.5) is 0 Å². The van der Waals surface area contributed by atoms with E-state index >= 15 is 0 Å². The van der Waals surface area contributed by atoms with Crippen LogP contribution in [0.5, 0.6) is 0 Å². The molecule has 1 aliphatic rings. The third-order valence-corrected chi connectivity index (χ3v) is 7.61. The topological polar surface area (TPSA) is 0 Å². The van der Waals surface area contributed by atoms with Gasteiger partial charge >= 0.3 is 0 Å². The van der Waals surface area contributed by atoms with E-state index in [2.05, 4.69) is 134 Å². The van der Waals surface area contributed by atoms with Gasteiger partial charge in [0.2, 0.25) is 0 Å². The highest BCUT2D eigenvalue weighted by Gasteiger charge is 2.47. The zero-order valence-corrected chi connectivity index (χ0v) is 20.9. The lowest BCUT2D eigenvalue weighted by atomic mass is 9.59. The molecule has 0 heterocycles. The Balaban J connectivity index is 2.08. The molecule has 0 saturated carbocycles. The molecule has 0 spiro atoms. The summed E-state index contributed by atoms with van der Waals surface area (Å²) in [5.41, 5.74) is 5.37. The summed E-state index contributed by atoms with van der Waals surface area (Å²) in [6.45, 7) is 13.8. The van der Waals surface area contributed by atoms with Crippen molar-refractivity contribution in [3.63, 3.8) is 0 Å². The van der Waals surface area contributed by atoms with Gasteiger partial charge in [-0.3, -0.25) is 0 Å². The smallest absolute Gasteiger partial charge is 0.0362 e. The molecule has 0 nitrogen and oxygen atoms in total.